The zero-order valence-electron chi connectivity index (χ0n) is 14.7. The third kappa shape index (κ3) is 3.75. The molecule has 1 aliphatic heterocycles. The molecular formula is C18H26N6. The van der Waals surface area contributed by atoms with Crippen molar-refractivity contribution in [2.45, 2.75) is 32.7 Å². The predicted octanol–water partition coefficient (Wildman–Crippen LogP) is 2.08. The van der Waals surface area contributed by atoms with Gasteiger partial charge in [0.05, 0.1) is 18.4 Å². The van der Waals surface area contributed by atoms with Gasteiger partial charge in [-0.15, -0.1) is 0 Å². The Morgan fingerprint density at radius 3 is 3.04 bits per heavy atom. The van der Waals surface area contributed by atoms with Crippen LogP contribution in [0.4, 0.5) is 0 Å². The molecule has 2 aromatic heterocycles. The molecule has 0 spiro atoms. The van der Waals surface area contributed by atoms with Crippen LogP contribution in [-0.4, -0.2) is 45.3 Å². The number of pyridine rings is 1. The SMILES string of the molecule is CCNC(=NCc1ncccc1C)N1CCC(c2cnn(C)c2)C1. The Kier molecular flexibility index (Phi) is 5.13. The lowest BCUT2D eigenvalue weighted by Gasteiger charge is -2.21. The highest BCUT2D eigenvalue weighted by molar-refractivity contribution is 5.80. The van der Waals surface area contributed by atoms with Crippen LogP contribution in [0.5, 0.6) is 0 Å². The summed E-state index contributed by atoms with van der Waals surface area (Å²) in [6.07, 6.45) is 7.07. The van der Waals surface area contributed by atoms with E-state index in [1.54, 1.807) is 0 Å². The first-order chi connectivity index (χ1) is 11.7. The van der Waals surface area contributed by atoms with Gasteiger partial charge in [0.2, 0.25) is 0 Å². The molecule has 3 heterocycles. The summed E-state index contributed by atoms with van der Waals surface area (Å²) in [5, 5.41) is 7.72. The molecule has 2 aromatic rings. The molecule has 0 aliphatic carbocycles. The van der Waals surface area contributed by atoms with Crippen LogP contribution in [-0.2, 0) is 13.6 Å². The van der Waals surface area contributed by atoms with E-state index in [0.29, 0.717) is 12.5 Å². The smallest absolute Gasteiger partial charge is 0.194 e. The van der Waals surface area contributed by atoms with Crippen molar-refractivity contribution in [3.05, 3.63) is 47.5 Å². The number of rotatable bonds is 4. The first kappa shape index (κ1) is 16.5. The van der Waals surface area contributed by atoms with E-state index in [1.165, 1.54) is 11.1 Å². The Bertz CT molecular complexity index is 705. The first-order valence-electron chi connectivity index (χ1n) is 8.59. The van der Waals surface area contributed by atoms with Crippen LogP contribution in [0.25, 0.3) is 0 Å². The van der Waals surface area contributed by atoms with Crippen LogP contribution in [0.15, 0.2) is 35.7 Å². The number of hydrogen-bond donors (Lipinski definition) is 1. The fourth-order valence-corrected chi connectivity index (χ4v) is 3.14. The molecule has 24 heavy (non-hydrogen) atoms. The molecule has 6 heteroatoms. The summed E-state index contributed by atoms with van der Waals surface area (Å²) in [6, 6.07) is 4.05. The lowest BCUT2D eigenvalue weighted by molar-refractivity contribution is 0.485. The zero-order chi connectivity index (χ0) is 16.9. The number of aromatic nitrogens is 3. The molecule has 1 saturated heterocycles. The van der Waals surface area contributed by atoms with Crippen LogP contribution in [0, 0.1) is 6.92 Å². The molecule has 6 nitrogen and oxygen atoms in total. The highest BCUT2D eigenvalue weighted by Gasteiger charge is 2.26. The molecule has 0 saturated carbocycles. The lowest BCUT2D eigenvalue weighted by atomic mass is 10.0. The number of guanidine groups is 1. The van der Waals surface area contributed by atoms with Crippen molar-refractivity contribution in [1.29, 1.82) is 0 Å². The summed E-state index contributed by atoms with van der Waals surface area (Å²) >= 11 is 0. The van der Waals surface area contributed by atoms with E-state index >= 15 is 0 Å². The number of hydrogen-bond acceptors (Lipinski definition) is 3. The van der Waals surface area contributed by atoms with E-state index in [4.69, 9.17) is 4.99 Å². The minimum Gasteiger partial charge on any atom is -0.357 e. The Labute approximate surface area is 143 Å². The van der Waals surface area contributed by atoms with Gasteiger partial charge in [0.15, 0.2) is 5.96 Å². The highest BCUT2D eigenvalue weighted by atomic mass is 15.3. The average molecular weight is 326 g/mol. The highest BCUT2D eigenvalue weighted by Crippen LogP contribution is 2.26. The largest absolute Gasteiger partial charge is 0.357 e. The van der Waals surface area contributed by atoms with Crippen LogP contribution < -0.4 is 5.32 Å². The van der Waals surface area contributed by atoms with Gasteiger partial charge < -0.3 is 10.2 Å². The third-order valence-corrected chi connectivity index (χ3v) is 4.52. The maximum absolute atomic E-state index is 4.81. The standard InChI is InChI=1S/C18H26N6/c1-4-19-18(21-11-17-14(2)6-5-8-20-17)24-9-7-15(13-24)16-10-22-23(3)12-16/h5-6,8,10,12,15H,4,7,9,11,13H2,1-3H3,(H,19,21). The minimum atomic E-state index is 0.527. The first-order valence-corrected chi connectivity index (χ1v) is 8.59. The summed E-state index contributed by atoms with van der Waals surface area (Å²) in [5.74, 6) is 1.51. The van der Waals surface area contributed by atoms with E-state index in [0.717, 1.165) is 37.7 Å². The van der Waals surface area contributed by atoms with E-state index in [2.05, 4.69) is 46.4 Å². The number of likely N-dealkylation sites (tertiary alicyclic amines) is 1. The summed E-state index contributed by atoms with van der Waals surface area (Å²) in [7, 11) is 1.97. The maximum Gasteiger partial charge on any atom is 0.194 e. The number of aliphatic imine (C=N–C) groups is 1. The summed E-state index contributed by atoms with van der Waals surface area (Å²) in [4.78, 5) is 11.6. The van der Waals surface area contributed by atoms with Crippen molar-refractivity contribution in [1.82, 2.24) is 25.0 Å². The topological polar surface area (TPSA) is 58.3 Å². The van der Waals surface area contributed by atoms with E-state index in [-0.39, 0.29) is 0 Å². The Morgan fingerprint density at radius 2 is 2.33 bits per heavy atom. The second-order valence-corrected chi connectivity index (χ2v) is 6.32. The van der Waals surface area contributed by atoms with Crippen LogP contribution in [0.1, 0.15) is 36.1 Å². The maximum atomic E-state index is 4.81. The van der Waals surface area contributed by atoms with E-state index in [9.17, 15) is 0 Å². The monoisotopic (exact) mass is 326 g/mol. The molecule has 0 radical (unpaired) electrons. The van der Waals surface area contributed by atoms with Gasteiger partial charge in [-0.25, -0.2) is 4.99 Å². The van der Waals surface area contributed by atoms with Gasteiger partial charge in [0.1, 0.15) is 0 Å². The minimum absolute atomic E-state index is 0.527. The molecule has 1 atom stereocenters. The zero-order valence-corrected chi connectivity index (χ0v) is 14.7. The lowest BCUT2D eigenvalue weighted by Crippen LogP contribution is -2.40. The Balaban J connectivity index is 1.69. The number of nitrogens with one attached hydrogen (secondary N) is 1. The van der Waals surface area contributed by atoms with Crippen molar-refractivity contribution in [3.8, 4) is 0 Å². The van der Waals surface area contributed by atoms with Gasteiger partial charge in [-0.05, 0) is 37.5 Å². The fourth-order valence-electron chi connectivity index (χ4n) is 3.14. The van der Waals surface area contributed by atoms with Crippen LogP contribution in [0.3, 0.4) is 0 Å². The van der Waals surface area contributed by atoms with Gasteiger partial charge in [0, 0.05) is 45.0 Å². The van der Waals surface area contributed by atoms with Crippen molar-refractivity contribution in [3.63, 3.8) is 0 Å². The van der Waals surface area contributed by atoms with E-state index < -0.39 is 0 Å². The average Bonchev–Trinajstić information content (AvgIpc) is 3.21. The van der Waals surface area contributed by atoms with Crippen molar-refractivity contribution in [2.75, 3.05) is 19.6 Å². The molecule has 1 fully saturated rings. The van der Waals surface area contributed by atoms with E-state index in [1.807, 2.05) is 30.2 Å². The van der Waals surface area contributed by atoms with Gasteiger partial charge >= 0.3 is 0 Å². The molecule has 1 N–H and O–H groups in total. The molecule has 3 rings (SSSR count). The quantitative estimate of drug-likeness (QED) is 0.690. The Hall–Kier alpha value is -2.37. The molecule has 1 unspecified atom stereocenters. The molecule has 128 valence electrons. The number of nitrogens with zero attached hydrogens (tertiary/aromatic N) is 5. The second-order valence-electron chi connectivity index (χ2n) is 6.32. The number of aryl methyl sites for hydroxylation is 2. The predicted molar refractivity (Wildman–Crippen MR) is 95.9 cm³/mol. The molecule has 0 amide bonds. The summed E-state index contributed by atoms with van der Waals surface area (Å²) < 4.78 is 1.88. The van der Waals surface area contributed by atoms with Crippen molar-refractivity contribution >= 4 is 5.96 Å². The fraction of sp³-hybridized carbons (Fsp3) is 0.500. The van der Waals surface area contributed by atoms with Crippen LogP contribution in [0.2, 0.25) is 0 Å². The molecular weight excluding hydrogens is 300 g/mol. The van der Waals surface area contributed by atoms with Gasteiger partial charge in [0.25, 0.3) is 0 Å². The van der Waals surface area contributed by atoms with Gasteiger partial charge in [-0.1, -0.05) is 6.07 Å². The third-order valence-electron chi connectivity index (χ3n) is 4.52. The molecule has 0 aromatic carbocycles. The van der Waals surface area contributed by atoms with Gasteiger partial charge in [-0.3, -0.25) is 9.67 Å². The van der Waals surface area contributed by atoms with Crippen molar-refractivity contribution < 1.29 is 0 Å². The van der Waals surface area contributed by atoms with Crippen LogP contribution >= 0.6 is 0 Å². The Morgan fingerprint density at radius 1 is 1.46 bits per heavy atom. The molecule has 1 aliphatic rings. The second kappa shape index (κ2) is 7.47. The van der Waals surface area contributed by atoms with Crippen molar-refractivity contribution in [2.24, 2.45) is 12.0 Å². The van der Waals surface area contributed by atoms with Gasteiger partial charge in [-0.2, -0.15) is 5.10 Å². The summed E-state index contributed by atoms with van der Waals surface area (Å²) in [6.45, 7) is 7.68. The summed E-state index contributed by atoms with van der Waals surface area (Å²) in [5.41, 5.74) is 3.54. The normalized spacial score (nSPS) is 18.2. The molecule has 0 bridgehead atoms.